The number of rotatable bonds is 9. The summed E-state index contributed by atoms with van der Waals surface area (Å²) in [5.74, 6) is 1.07. The number of nitrogens with zero attached hydrogens (tertiary/aromatic N) is 5. The molecule has 0 aliphatic heterocycles. The molecule has 7 nitrogen and oxygen atoms in total. The Kier molecular flexibility index (Phi) is 6.45. The Morgan fingerprint density at radius 1 is 0.927 bits per heavy atom. The van der Waals surface area contributed by atoms with Crippen LogP contribution in [0.15, 0.2) is 53.5 Å². The molecule has 0 unspecified atom stereocenters. The van der Waals surface area contributed by atoms with Gasteiger partial charge in [-0.15, -0.1) is 0 Å². The van der Waals surface area contributed by atoms with Crippen LogP contribution in [-0.4, -0.2) is 44.7 Å². The number of benzene rings is 1. The second-order valence-corrected chi connectivity index (χ2v) is 14.0. The molecule has 6 aliphatic carbocycles. The van der Waals surface area contributed by atoms with E-state index in [9.17, 15) is 9.18 Å². The molecule has 2 aromatic heterocycles. The smallest absolute Gasteiger partial charge is 0.316 e. The fourth-order valence-corrected chi connectivity index (χ4v) is 8.27. The van der Waals surface area contributed by atoms with Crippen LogP contribution in [0.3, 0.4) is 0 Å². The molecule has 6 fully saturated rings. The van der Waals surface area contributed by atoms with Crippen LogP contribution in [0.1, 0.15) is 77.0 Å². The van der Waals surface area contributed by atoms with Gasteiger partial charge in [-0.25, -0.2) is 24.3 Å². The molecule has 2 heterocycles. The quantitative estimate of drug-likeness (QED) is 0.256. The summed E-state index contributed by atoms with van der Waals surface area (Å²) in [5, 5.41) is 0. The number of anilines is 1. The third-order valence-electron chi connectivity index (χ3n) is 10.3. The van der Waals surface area contributed by atoms with E-state index in [0.717, 1.165) is 65.6 Å². The standard InChI is InChI=1S/C32H35BrFN5O2/c1-2-41-28-37-14-23(15-38-28)22-4-3-5-25(12-22)39(26(40)13-30-18-32(34,19-30)20-30)21-29-6-9-31(10-7-29,11-8-29)27-35-16-24(33)17-36-27/h3-5,12,14-17H,2,6-11,13,18-21H2,1H3. The Hall–Kier alpha value is -2.94. The molecule has 0 spiro atoms. The number of aromatic nitrogens is 4. The molecule has 0 radical (unpaired) electrons. The average molecular weight is 621 g/mol. The number of carbonyl (C=O) groups excluding carboxylic acids is 1. The van der Waals surface area contributed by atoms with Gasteiger partial charge < -0.3 is 9.64 Å². The first kappa shape index (κ1) is 26.9. The second kappa shape index (κ2) is 9.82. The number of alkyl halides is 1. The van der Waals surface area contributed by atoms with E-state index in [0.29, 0.717) is 44.8 Å². The van der Waals surface area contributed by atoms with Crippen molar-refractivity contribution >= 4 is 27.5 Å². The van der Waals surface area contributed by atoms with Crippen LogP contribution in [0.5, 0.6) is 6.01 Å². The van der Waals surface area contributed by atoms with Crippen LogP contribution in [-0.2, 0) is 10.2 Å². The lowest BCUT2D eigenvalue weighted by atomic mass is 9.41. The summed E-state index contributed by atoms with van der Waals surface area (Å²) in [6, 6.07) is 8.46. The van der Waals surface area contributed by atoms with Crippen molar-refractivity contribution in [1.82, 2.24) is 19.9 Å². The number of hydrogen-bond donors (Lipinski definition) is 0. The largest absolute Gasteiger partial charge is 0.464 e. The van der Waals surface area contributed by atoms with Gasteiger partial charge in [0.1, 0.15) is 11.5 Å². The molecule has 0 N–H and O–H groups in total. The molecule has 0 atom stereocenters. The van der Waals surface area contributed by atoms with Gasteiger partial charge in [0.25, 0.3) is 0 Å². The van der Waals surface area contributed by atoms with Crippen LogP contribution in [0.2, 0.25) is 0 Å². The number of hydrogen-bond acceptors (Lipinski definition) is 6. The minimum atomic E-state index is -1.01. The number of fused-ring (bicyclic) bond motifs is 3. The Bertz CT molecular complexity index is 1420. The number of ether oxygens (including phenoxy) is 1. The maximum Gasteiger partial charge on any atom is 0.316 e. The van der Waals surface area contributed by atoms with E-state index >= 15 is 0 Å². The van der Waals surface area contributed by atoms with Gasteiger partial charge in [0.2, 0.25) is 5.91 Å². The summed E-state index contributed by atoms with van der Waals surface area (Å²) >= 11 is 3.46. The van der Waals surface area contributed by atoms with Gasteiger partial charge in [-0.2, -0.15) is 0 Å². The van der Waals surface area contributed by atoms with Crippen LogP contribution < -0.4 is 9.64 Å². The van der Waals surface area contributed by atoms with Crippen molar-refractivity contribution in [2.24, 2.45) is 10.8 Å². The van der Waals surface area contributed by atoms with Crippen LogP contribution >= 0.6 is 15.9 Å². The van der Waals surface area contributed by atoms with Crippen molar-refractivity contribution in [2.75, 3.05) is 18.1 Å². The summed E-state index contributed by atoms with van der Waals surface area (Å²) in [6.07, 6.45) is 15.5. The Labute approximate surface area is 248 Å². The molecule has 9 heteroatoms. The zero-order valence-electron chi connectivity index (χ0n) is 23.4. The van der Waals surface area contributed by atoms with Crippen molar-refractivity contribution in [1.29, 1.82) is 0 Å². The van der Waals surface area contributed by atoms with Crippen molar-refractivity contribution < 1.29 is 13.9 Å². The number of amides is 1. The number of carbonyl (C=O) groups is 1. The van der Waals surface area contributed by atoms with Gasteiger partial charge >= 0.3 is 6.01 Å². The van der Waals surface area contributed by atoms with Crippen molar-refractivity contribution in [2.45, 2.75) is 82.2 Å². The van der Waals surface area contributed by atoms with Crippen molar-refractivity contribution in [3.05, 3.63) is 59.3 Å². The van der Waals surface area contributed by atoms with E-state index in [1.165, 1.54) is 0 Å². The first-order valence-corrected chi connectivity index (χ1v) is 15.5. The van der Waals surface area contributed by atoms with Crippen LogP contribution in [0.4, 0.5) is 10.1 Å². The van der Waals surface area contributed by atoms with Crippen LogP contribution in [0.25, 0.3) is 11.1 Å². The van der Waals surface area contributed by atoms with Gasteiger partial charge in [0.05, 0.1) is 11.1 Å². The van der Waals surface area contributed by atoms with Gasteiger partial charge in [-0.3, -0.25) is 4.79 Å². The molecule has 3 aromatic rings. The highest BCUT2D eigenvalue weighted by atomic mass is 79.9. The van der Waals surface area contributed by atoms with E-state index in [4.69, 9.17) is 4.74 Å². The maximum atomic E-state index is 14.3. The highest BCUT2D eigenvalue weighted by molar-refractivity contribution is 9.10. The monoisotopic (exact) mass is 619 g/mol. The highest BCUT2D eigenvalue weighted by Crippen LogP contribution is 2.71. The molecule has 4 bridgehead atoms. The summed E-state index contributed by atoms with van der Waals surface area (Å²) in [6.45, 7) is 3.10. The third-order valence-corrected chi connectivity index (χ3v) is 10.7. The average Bonchev–Trinajstić information content (AvgIpc) is 2.96. The SMILES string of the molecule is CCOc1ncc(-c2cccc(N(CC34CCC(c5ncc(Br)cn5)(CC3)CC4)C(=O)CC34CC(F)(C3)C4)c2)cn1. The summed E-state index contributed by atoms with van der Waals surface area (Å²) in [5.41, 5.74) is 1.65. The molecule has 9 rings (SSSR count). The molecule has 6 aliphatic rings. The predicted octanol–water partition coefficient (Wildman–Crippen LogP) is 7.00. The predicted molar refractivity (Wildman–Crippen MR) is 157 cm³/mol. The van der Waals surface area contributed by atoms with E-state index in [2.05, 4.69) is 41.9 Å². The zero-order chi connectivity index (χ0) is 28.3. The molecule has 41 heavy (non-hydrogen) atoms. The molecule has 1 aromatic carbocycles. The van der Waals surface area contributed by atoms with Gasteiger partial charge in [-0.05, 0) is 109 Å². The first-order chi connectivity index (χ1) is 19.7. The van der Waals surface area contributed by atoms with Crippen molar-refractivity contribution in [3.63, 3.8) is 0 Å². The summed E-state index contributed by atoms with van der Waals surface area (Å²) < 4.78 is 20.6. The van der Waals surface area contributed by atoms with Crippen LogP contribution in [0, 0.1) is 10.8 Å². The molecular formula is C32H35BrFN5O2. The van der Waals surface area contributed by atoms with Gasteiger partial charge in [0.15, 0.2) is 0 Å². The van der Waals surface area contributed by atoms with Gasteiger partial charge in [0, 0.05) is 54.4 Å². The Morgan fingerprint density at radius 2 is 1.59 bits per heavy atom. The fourth-order valence-electron chi connectivity index (χ4n) is 8.07. The first-order valence-electron chi connectivity index (χ1n) is 14.8. The lowest BCUT2D eigenvalue weighted by molar-refractivity contribution is -0.215. The maximum absolute atomic E-state index is 14.3. The van der Waals surface area contributed by atoms with E-state index in [-0.39, 0.29) is 22.2 Å². The fraction of sp³-hybridized carbons (Fsp3) is 0.531. The lowest BCUT2D eigenvalue weighted by Crippen LogP contribution is -2.65. The molecule has 1 amide bonds. The topological polar surface area (TPSA) is 81.1 Å². The lowest BCUT2D eigenvalue weighted by Gasteiger charge is -2.66. The highest BCUT2D eigenvalue weighted by Gasteiger charge is 2.69. The third kappa shape index (κ3) is 4.84. The van der Waals surface area contributed by atoms with E-state index in [1.807, 2.05) is 42.4 Å². The summed E-state index contributed by atoms with van der Waals surface area (Å²) in [4.78, 5) is 34.1. The molecule has 214 valence electrons. The Morgan fingerprint density at radius 3 is 2.20 bits per heavy atom. The van der Waals surface area contributed by atoms with E-state index < -0.39 is 5.67 Å². The Balaban J connectivity index is 1.14. The summed E-state index contributed by atoms with van der Waals surface area (Å²) in [7, 11) is 0. The van der Waals surface area contributed by atoms with E-state index in [1.54, 1.807) is 12.4 Å². The minimum absolute atomic E-state index is 0.0339. The minimum Gasteiger partial charge on any atom is -0.464 e. The van der Waals surface area contributed by atoms with Crippen molar-refractivity contribution in [3.8, 4) is 17.1 Å². The molecular weight excluding hydrogens is 585 g/mol. The zero-order valence-corrected chi connectivity index (χ0v) is 25.0. The molecule has 6 saturated carbocycles. The van der Waals surface area contributed by atoms with Gasteiger partial charge in [-0.1, -0.05) is 12.1 Å². The second-order valence-electron chi connectivity index (χ2n) is 13.1. The molecule has 0 saturated heterocycles. The number of halogens is 2. The normalized spacial score (nSPS) is 31.2.